The predicted molar refractivity (Wildman–Crippen MR) is 92.5 cm³/mol. The summed E-state index contributed by atoms with van der Waals surface area (Å²) in [6, 6.07) is 8.56. The SMILES string of the molecule is CN=C(NC1CCC1)N(C)Cc1ccc(Cl)cc1.I. The number of hydrogen-bond acceptors (Lipinski definition) is 1. The third-order valence-electron chi connectivity index (χ3n) is 3.34. The van der Waals surface area contributed by atoms with Gasteiger partial charge in [-0.2, -0.15) is 0 Å². The molecular weight excluding hydrogens is 373 g/mol. The van der Waals surface area contributed by atoms with E-state index in [-0.39, 0.29) is 24.0 Å². The number of hydrogen-bond donors (Lipinski definition) is 1. The highest BCUT2D eigenvalue weighted by Gasteiger charge is 2.19. The maximum absolute atomic E-state index is 5.88. The molecule has 0 atom stereocenters. The zero-order chi connectivity index (χ0) is 13.0. The van der Waals surface area contributed by atoms with E-state index in [4.69, 9.17) is 11.6 Å². The van der Waals surface area contributed by atoms with Gasteiger partial charge < -0.3 is 10.2 Å². The normalized spacial score (nSPS) is 15.4. The minimum Gasteiger partial charge on any atom is -0.354 e. The van der Waals surface area contributed by atoms with E-state index in [0.29, 0.717) is 6.04 Å². The van der Waals surface area contributed by atoms with Crippen LogP contribution in [-0.4, -0.2) is 31.0 Å². The number of nitrogens with one attached hydrogen (secondary N) is 1. The number of halogens is 2. The molecule has 1 fully saturated rings. The van der Waals surface area contributed by atoms with Crippen LogP contribution in [0.3, 0.4) is 0 Å². The first-order chi connectivity index (χ1) is 8.69. The first-order valence-corrected chi connectivity index (χ1v) is 6.75. The Labute approximate surface area is 137 Å². The predicted octanol–water partition coefficient (Wildman–Crippen LogP) is 3.52. The first-order valence-electron chi connectivity index (χ1n) is 6.38. The molecule has 0 aromatic heterocycles. The topological polar surface area (TPSA) is 27.6 Å². The summed E-state index contributed by atoms with van der Waals surface area (Å²) < 4.78 is 0. The van der Waals surface area contributed by atoms with Crippen LogP contribution in [0, 0.1) is 0 Å². The lowest BCUT2D eigenvalue weighted by Crippen LogP contribution is -2.46. The summed E-state index contributed by atoms with van der Waals surface area (Å²) >= 11 is 5.88. The molecule has 0 bridgehead atoms. The molecule has 1 aliphatic rings. The van der Waals surface area contributed by atoms with Gasteiger partial charge in [0, 0.05) is 31.7 Å². The maximum atomic E-state index is 5.88. The maximum Gasteiger partial charge on any atom is 0.193 e. The van der Waals surface area contributed by atoms with Crippen LogP contribution in [0.15, 0.2) is 29.3 Å². The summed E-state index contributed by atoms with van der Waals surface area (Å²) in [4.78, 5) is 6.47. The van der Waals surface area contributed by atoms with Gasteiger partial charge in [-0.3, -0.25) is 4.99 Å². The molecule has 1 aromatic carbocycles. The Morgan fingerprint density at radius 2 is 2.00 bits per heavy atom. The Balaban J connectivity index is 0.00000180. The van der Waals surface area contributed by atoms with Crippen LogP contribution >= 0.6 is 35.6 Å². The van der Waals surface area contributed by atoms with Gasteiger partial charge >= 0.3 is 0 Å². The molecule has 0 aliphatic heterocycles. The minimum atomic E-state index is 0. The van der Waals surface area contributed by atoms with Gasteiger partial charge in [0.2, 0.25) is 0 Å². The van der Waals surface area contributed by atoms with Crippen molar-refractivity contribution in [1.29, 1.82) is 0 Å². The fourth-order valence-electron chi connectivity index (χ4n) is 2.02. The summed E-state index contributed by atoms with van der Waals surface area (Å²) in [6.07, 6.45) is 3.84. The number of guanidine groups is 1. The van der Waals surface area contributed by atoms with Crippen molar-refractivity contribution in [1.82, 2.24) is 10.2 Å². The van der Waals surface area contributed by atoms with E-state index < -0.39 is 0 Å². The number of benzene rings is 1. The molecule has 1 aliphatic carbocycles. The zero-order valence-electron chi connectivity index (χ0n) is 11.4. The average Bonchev–Trinajstić information content (AvgIpc) is 2.31. The van der Waals surface area contributed by atoms with Crippen molar-refractivity contribution in [2.24, 2.45) is 4.99 Å². The van der Waals surface area contributed by atoms with Gasteiger partial charge in [0.05, 0.1) is 0 Å². The highest BCUT2D eigenvalue weighted by molar-refractivity contribution is 14.0. The minimum absolute atomic E-state index is 0. The first kappa shape index (κ1) is 16.6. The van der Waals surface area contributed by atoms with Crippen LogP contribution in [-0.2, 0) is 6.54 Å². The third-order valence-corrected chi connectivity index (χ3v) is 3.60. The molecule has 0 unspecified atom stereocenters. The smallest absolute Gasteiger partial charge is 0.193 e. The second-order valence-electron chi connectivity index (χ2n) is 4.80. The van der Waals surface area contributed by atoms with Crippen LogP contribution in [0.1, 0.15) is 24.8 Å². The Morgan fingerprint density at radius 1 is 1.37 bits per heavy atom. The molecule has 3 nitrogen and oxygen atoms in total. The van der Waals surface area contributed by atoms with Crippen molar-refractivity contribution in [3.8, 4) is 0 Å². The Morgan fingerprint density at radius 3 is 2.47 bits per heavy atom. The fourth-order valence-corrected chi connectivity index (χ4v) is 2.15. The van der Waals surface area contributed by atoms with Gasteiger partial charge in [0.1, 0.15) is 0 Å². The summed E-state index contributed by atoms with van der Waals surface area (Å²) in [5, 5.41) is 4.26. The molecule has 1 N–H and O–H groups in total. The van der Waals surface area contributed by atoms with Crippen molar-refractivity contribution in [3.05, 3.63) is 34.9 Å². The molecule has 1 saturated carbocycles. The van der Waals surface area contributed by atoms with Gasteiger partial charge in [-0.25, -0.2) is 0 Å². The van der Waals surface area contributed by atoms with Crippen LogP contribution in [0.5, 0.6) is 0 Å². The molecule has 19 heavy (non-hydrogen) atoms. The van der Waals surface area contributed by atoms with Crippen LogP contribution in [0.2, 0.25) is 5.02 Å². The van der Waals surface area contributed by atoms with Gasteiger partial charge in [0.25, 0.3) is 0 Å². The Kier molecular flexibility index (Phi) is 6.93. The van der Waals surface area contributed by atoms with E-state index in [2.05, 4.69) is 34.4 Å². The van der Waals surface area contributed by atoms with E-state index in [9.17, 15) is 0 Å². The number of aliphatic imine (C=N–C) groups is 1. The quantitative estimate of drug-likeness (QED) is 0.483. The molecule has 0 radical (unpaired) electrons. The molecule has 0 saturated heterocycles. The van der Waals surface area contributed by atoms with Crippen molar-refractivity contribution in [2.75, 3.05) is 14.1 Å². The van der Waals surface area contributed by atoms with Crippen LogP contribution in [0.25, 0.3) is 0 Å². The second kappa shape index (κ2) is 7.94. The zero-order valence-corrected chi connectivity index (χ0v) is 14.5. The second-order valence-corrected chi connectivity index (χ2v) is 5.24. The number of nitrogens with zero attached hydrogens (tertiary/aromatic N) is 2. The molecule has 0 spiro atoms. The summed E-state index contributed by atoms with van der Waals surface area (Å²) in [5.74, 6) is 0.967. The number of rotatable bonds is 3. The fraction of sp³-hybridized carbons (Fsp3) is 0.500. The highest BCUT2D eigenvalue weighted by Crippen LogP contribution is 2.18. The van der Waals surface area contributed by atoms with Crippen molar-refractivity contribution in [3.63, 3.8) is 0 Å². The molecule has 2 rings (SSSR count). The molecule has 5 heteroatoms. The molecule has 106 valence electrons. The van der Waals surface area contributed by atoms with Crippen LogP contribution in [0.4, 0.5) is 0 Å². The third kappa shape index (κ3) is 4.84. The van der Waals surface area contributed by atoms with Crippen molar-refractivity contribution in [2.45, 2.75) is 31.8 Å². The summed E-state index contributed by atoms with van der Waals surface area (Å²) in [6.45, 7) is 0.837. The summed E-state index contributed by atoms with van der Waals surface area (Å²) in [7, 11) is 3.89. The largest absolute Gasteiger partial charge is 0.354 e. The van der Waals surface area contributed by atoms with Gasteiger partial charge in [-0.1, -0.05) is 23.7 Å². The standard InChI is InChI=1S/C14H20ClN3.HI/c1-16-14(17-13-4-3-5-13)18(2)10-11-6-8-12(15)9-7-11;/h6-9,13H,3-5,10H2,1-2H3,(H,16,17);1H. The van der Waals surface area contributed by atoms with Gasteiger partial charge in [0.15, 0.2) is 5.96 Å². The van der Waals surface area contributed by atoms with Gasteiger partial charge in [-0.15, -0.1) is 24.0 Å². The highest BCUT2D eigenvalue weighted by atomic mass is 127. The van der Waals surface area contributed by atoms with E-state index >= 15 is 0 Å². The van der Waals surface area contributed by atoms with E-state index in [1.807, 2.05) is 19.2 Å². The molecule has 0 heterocycles. The summed E-state index contributed by atoms with van der Waals surface area (Å²) in [5.41, 5.74) is 1.23. The van der Waals surface area contributed by atoms with Crippen LogP contribution < -0.4 is 5.32 Å². The Bertz CT molecular complexity index is 415. The average molecular weight is 394 g/mol. The van der Waals surface area contributed by atoms with Crippen molar-refractivity contribution >= 4 is 41.5 Å². The monoisotopic (exact) mass is 393 g/mol. The van der Waals surface area contributed by atoms with Crippen molar-refractivity contribution < 1.29 is 0 Å². The Hall–Kier alpha value is -0.490. The van der Waals surface area contributed by atoms with E-state index in [1.54, 1.807) is 0 Å². The molecule has 0 amide bonds. The molecular formula is C14H21ClIN3. The lowest BCUT2D eigenvalue weighted by Gasteiger charge is -2.31. The molecule has 1 aromatic rings. The van der Waals surface area contributed by atoms with E-state index in [0.717, 1.165) is 17.5 Å². The lowest BCUT2D eigenvalue weighted by molar-refractivity contribution is 0.359. The lowest BCUT2D eigenvalue weighted by atomic mass is 9.93. The van der Waals surface area contributed by atoms with Gasteiger partial charge in [-0.05, 0) is 37.0 Å². The van der Waals surface area contributed by atoms with E-state index in [1.165, 1.54) is 24.8 Å².